The zero-order valence-electron chi connectivity index (χ0n) is 11.7. The van der Waals surface area contributed by atoms with Crippen molar-refractivity contribution in [3.05, 3.63) is 27.7 Å². The van der Waals surface area contributed by atoms with Gasteiger partial charge >= 0.3 is 5.97 Å². The molecule has 3 nitrogen and oxygen atoms in total. The number of benzene rings is 1. The molecule has 1 saturated carbocycles. The number of anilines is 1. The molecule has 5 heteroatoms. The average molecular weight is 316 g/mol. The fraction of sp³-hybridized carbons (Fsp3) is 0.533. The van der Waals surface area contributed by atoms with Crippen LogP contribution in [0.5, 0.6) is 0 Å². The molecular weight excluding hydrogens is 297 g/mol. The van der Waals surface area contributed by atoms with Crippen molar-refractivity contribution in [2.75, 3.05) is 5.73 Å². The maximum Gasteiger partial charge on any atom is 0.342 e. The minimum Gasteiger partial charge on any atom is -0.459 e. The molecule has 0 bridgehead atoms. The third-order valence-corrected chi connectivity index (χ3v) is 4.81. The monoisotopic (exact) mass is 315 g/mol. The van der Waals surface area contributed by atoms with E-state index in [1.54, 1.807) is 12.1 Å². The molecule has 0 aromatic heterocycles. The van der Waals surface area contributed by atoms with Gasteiger partial charge in [0, 0.05) is 0 Å². The lowest BCUT2D eigenvalue weighted by Gasteiger charge is -2.31. The van der Waals surface area contributed by atoms with Gasteiger partial charge in [-0.1, -0.05) is 37.0 Å². The smallest absolute Gasteiger partial charge is 0.342 e. The predicted octanol–water partition coefficient (Wildman–Crippen LogP) is 4.56. The van der Waals surface area contributed by atoms with E-state index in [-0.39, 0.29) is 22.4 Å². The van der Waals surface area contributed by atoms with Gasteiger partial charge in [0.1, 0.15) is 11.7 Å². The van der Waals surface area contributed by atoms with Crippen LogP contribution in [-0.4, -0.2) is 12.1 Å². The molecule has 1 aliphatic rings. The van der Waals surface area contributed by atoms with Crippen molar-refractivity contribution in [2.45, 2.75) is 39.2 Å². The van der Waals surface area contributed by atoms with Crippen LogP contribution in [0.3, 0.4) is 0 Å². The molecule has 1 aromatic rings. The summed E-state index contributed by atoms with van der Waals surface area (Å²) < 4.78 is 5.55. The molecule has 0 spiro atoms. The second-order valence-electron chi connectivity index (χ2n) is 5.61. The first-order valence-electron chi connectivity index (χ1n) is 6.84. The third kappa shape index (κ3) is 3.21. The number of hydrogen-bond donors (Lipinski definition) is 1. The highest BCUT2D eigenvalue weighted by molar-refractivity contribution is 6.38. The van der Waals surface area contributed by atoms with E-state index in [2.05, 4.69) is 13.8 Å². The second-order valence-corrected chi connectivity index (χ2v) is 6.43. The highest BCUT2D eigenvalue weighted by atomic mass is 35.5. The Morgan fingerprint density at radius 3 is 2.50 bits per heavy atom. The molecule has 3 atom stereocenters. The van der Waals surface area contributed by atoms with Gasteiger partial charge in [-0.2, -0.15) is 0 Å². The summed E-state index contributed by atoms with van der Waals surface area (Å²) in [6.45, 7) is 4.42. The van der Waals surface area contributed by atoms with Crippen LogP contribution in [0.1, 0.15) is 43.5 Å². The minimum atomic E-state index is -0.484. The Kier molecular flexibility index (Phi) is 4.82. The summed E-state index contributed by atoms with van der Waals surface area (Å²) in [4.78, 5) is 12.2. The zero-order valence-corrected chi connectivity index (χ0v) is 13.2. The Bertz CT molecular complexity index is 519. The molecule has 0 amide bonds. The van der Waals surface area contributed by atoms with Crippen molar-refractivity contribution in [1.82, 2.24) is 0 Å². The van der Waals surface area contributed by atoms with Gasteiger partial charge in [0.25, 0.3) is 0 Å². The van der Waals surface area contributed by atoms with Crippen molar-refractivity contribution in [3.63, 3.8) is 0 Å². The molecule has 0 radical (unpaired) electrons. The molecule has 2 rings (SSSR count). The van der Waals surface area contributed by atoms with Crippen molar-refractivity contribution in [1.29, 1.82) is 0 Å². The summed E-state index contributed by atoms with van der Waals surface area (Å²) in [5, 5.41) is 0.584. The number of nitrogens with two attached hydrogens (primary N) is 1. The van der Waals surface area contributed by atoms with Crippen LogP contribution < -0.4 is 5.73 Å². The van der Waals surface area contributed by atoms with Gasteiger partial charge < -0.3 is 10.5 Å². The standard InChI is InChI=1S/C15H19Cl2NO2/c1-8-3-4-10(7-9(8)2)20-15(19)13-11(16)5-6-12(17)14(13)18/h5-6,8-10H,3-4,7,18H2,1-2H3. The van der Waals surface area contributed by atoms with Crippen LogP contribution in [0, 0.1) is 11.8 Å². The fourth-order valence-electron chi connectivity index (χ4n) is 2.59. The highest BCUT2D eigenvalue weighted by Crippen LogP contribution is 2.34. The SMILES string of the molecule is CC1CCC(OC(=O)c2c(Cl)ccc(Cl)c2N)CC1C. The summed E-state index contributed by atoms with van der Waals surface area (Å²) in [6, 6.07) is 3.13. The van der Waals surface area contributed by atoms with Gasteiger partial charge in [0.05, 0.1) is 15.7 Å². The van der Waals surface area contributed by atoms with Crippen LogP contribution in [0.2, 0.25) is 10.0 Å². The lowest BCUT2D eigenvalue weighted by Crippen LogP contribution is -2.29. The Hall–Kier alpha value is -0.930. The van der Waals surface area contributed by atoms with Crippen LogP contribution in [0.4, 0.5) is 5.69 Å². The van der Waals surface area contributed by atoms with E-state index in [0.29, 0.717) is 16.9 Å². The number of halogens is 2. The van der Waals surface area contributed by atoms with E-state index in [1.807, 2.05) is 0 Å². The molecule has 0 aliphatic heterocycles. The second kappa shape index (κ2) is 6.23. The van der Waals surface area contributed by atoms with E-state index in [1.165, 1.54) is 0 Å². The van der Waals surface area contributed by atoms with E-state index in [0.717, 1.165) is 19.3 Å². The van der Waals surface area contributed by atoms with E-state index < -0.39 is 5.97 Å². The fourth-order valence-corrected chi connectivity index (χ4v) is 2.99. The Balaban J connectivity index is 2.11. The number of rotatable bonds is 2. The zero-order chi connectivity index (χ0) is 14.9. The number of hydrogen-bond acceptors (Lipinski definition) is 3. The first-order valence-corrected chi connectivity index (χ1v) is 7.60. The molecule has 3 unspecified atom stereocenters. The Labute approximate surface area is 129 Å². The van der Waals surface area contributed by atoms with E-state index >= 15 is 0 Å². The molecular formula is C15H19Cl2NO2. The molecule has 110 valence electrons. The van der Waals surface area contributed by atoms with Crippen LogP contribution in [0.25, 0.3) is 0 Å². The Morgan fingerprint density at radius 2 is 1.85 bits per heavy atom. The van der Waals surface area contributed by atoms with Crippen molar-refractivity contribution in [2.24, 2.45) is 11.8 Å². The molecule has 1 fully saturated rings. The predicted molar refractivity (Wildman–Crippen MR) is 82.3 cm³/mol. The molecule has 0 saturated heterocycles. The summed E-state index contributed by atoms with van der Waals surface area (Å²) in [5.74, 6) is 0.736. The van der Waals surface area contributed by atoms with Crippen LogP contribution >= 0.6 is 23.2 Å². The largest absolute Gasteiger partial charge is 0.459 e. The highest BCUT2D eigenvalue weighted by Gasteiger charge is 2.28. The molecule has 1 aliphatic carbocycles. The number of nitrogen functional groups attached to an aromatic ring is 1. The van der Waals surface area contributed by atoms with Gasteiger partial charge in [0.15, 0.2) is 0 Å². The lowest BCUT2D eigenvalue weighted by atomic mass is 9.80. The normalized spacial score (nSPS) is 26.3. The summed E-state index contributed by atoms with van der Waals surface area (Å²) >= 11 is 11.9. The average Bonchev–Trinajstić information content (AvgIpc) is 2.39. The number of carbonyl (C=O) groups excluding carboxylic acids is 1. The van der Waals surface area contributed by atoms with Gasteiger partial charge in [-0.3, -0.25) is 0 Å². The summed E-state index contributed by atoms with van der Waals surface area (Å²) in [6.07, 6.45) is 2.77. The summed E-state index contributed by atoms with van der Waals surface area (Å²) in [7, 11) is 0. The van der Waals surface area contributed by atoms with E-state index in [4.69, 9.17) is 33.7 Å². The van der Waals surface area contributed by atoms with Crippen molar-refractivity contribution < 1.29 is 9.53 Å². The molecule has 20 heavy (non-hydrogen) atoms. The number of carbonyl (C=O) groups is 1. The lowest BCUT2D eigenvalue weighted by molar-refractivity contribution is 0.00892. The topological polar surface area (TPSA) is 52.3 Å². The quantitative estimate of drug-likeness (QED) is 0.643. The number of ether oxygens (including phenoxy) is 1. The van der Waals surface area contributed by atoms with E-state index in [9.17, 15) is 4.79 Å². The van der Waals surface area contributed by atoms with Crippen LogP contribution in [0.15, 0.2) is 12.1 Å². The third-order valence-electron chi connectivity index (χ3n) is 4.17. The van der Waals surface area contributed by atoms with Gasteiger partial charge in [-0.25, -0.2) is 4.79 Å². The van der Waals surface area contributed by atoms with Crippen molar-refractivity contribution >= 4 is 34.9 Å². The molecule has 2 N–H and O–H groups in total. The first kappa shape index (κ1) is 15.5. The van der Waals surface area contributed by atoms with Crippen molar-refractivity contribution in [3.8, 4) is 0 Å². The summed E-state index contributed by atoms with van der Waals surface area (Å²) in [5.41, 5.74) is 6.18. The van der Waals surface area contributed by atoms with Gasteiger partial charge in [0.2, 0.25) is 0 Å². The minimum absolute atomic E-state index is 0.0665. The van der Waals surface area contributed by atoms with Gasteiger partial charge in [-0.15, -0.1) is 0 Å². The van der Waals surface area contributed by atoms with Gasteiger partial charge in [-0.05, 0) is 43.2 Å². The first-order chi connectivity index (χ1) is 9.40. The van der Waals surface area contributed by atoms with Crippen LogP contribution in [-0.2, 0) is 4.74 Å². The number of esters is 1. The molecule has 0 heterocycles. The Morgan fingerprint density at radius 1 is 1.20 bits per heavy atom. The maximum atomic E-state index is 12.2. The molecule has 1 aromatic carbocycles. The maximum absolute atomic E-state index is 12.2.